The van der Waals surface area contributed by atoms with E-state index in [0.29, 0.717) is 18.1 Å². The number of hydrogen-bond donors (Lipinski definition) is 0. The summed E-state index contributed by atoms with van der Waals surface area (Å²) >= 11 is 0. The molecule has 0 radical (unpaired) electrons. The number of carbonyl (C=O) groups excluding carboxylic acids is 1. The van der Waals surface area contributed by atoms with E-state index in [1.165, 1.54) is 13.4 Å². The van der Waals surface area contributed by atoms with Crippen LogP contribution in [0.1, 0.15) is 15.9 Å². The normalized spacial score (nSPS) is 9.95. The van der Waals surface area contributed by atoms with E-state index in [4.69, 9.17) is 4.74 Å². The number of aromatic nitrogens is 2. The second-order valence-electron chi connectivity index (χ2n) is 3.83. The molecule has 1 heterocycles. The predicted octanol–water partition coefficient (Wildman–Crippen LogP) is 1.88. The number of carbonyl (C=O) groups is 1. The van der Waals surface area contributed by atoms with E-state index >= 15 is 0 Å². The largest absolute Gasteiger partial charge is 0.477 e. The van der Waals surface area contributed by atoms with Crippen LogP contribution in [0, 0.1) is 0 Å². The average Bonchev–Trinajstić information content (AvgIpc) is 2.48. The maximum absolute atomic E-state index is 11.3. The summed E-state index contributed by atoms with van der Waals surface area (Å²) in [5.41, 5.74) is 1.63. The Labute approximate surface area is 111 Å². The first-order chi connectivity index (χ1) is 9.29. The molecule has 0 bridgehead atoms. The topological polar surface area (TPSA) is 61.3 Å². The van der Waals surface area contributed by atoms with Crippen LogP contribution in [0.3, 0.4) is 0 Å². The van der Waals surface area contributed by atoms with Gasteiger partial charge in [-0.05, 0) is 17.7 Å². The summed E-state index contributed by atoms with van der Waals surface area (Å²) in [5.74, 6) is 0.227. The highest BCUT2D eigenvalue weighted by Gasteiger charge is 2.04. The van der Waals surface area contributed by atoms with Crippen molar-refractivity contribution in [2.45, 2.75) is 6.42 Å². The zero-order valence-corrected chi connectivity index (χ0v) is 10.6. The molecule has 0 fully saturated rings. The Hall–Kier alpha value is -2.43. The maximum Gasteiger partial charge on any atom is 0.337 e. The Balaban J connectivity index is 1.85. The van der Waals surface area contributed by atoms with Gasteiger partial charge in [0.1, 0.15) is 6.33 Å². The van der Waals surface area contributed by atoms with E-state index in [1.54, 1.807) is 24.4 Å². The van der Waals surface area contributed by atoms with Crippen molar-refractivity contribution in [3.63, 3.8) is 0 Å². The molecule has 0 aliphatic heterocycles. The van der Waals surface area contributed by atoms with Gasteiger partial charge in [-0.2, -0.15) is 0 Å². The third-order valence-corrected chi connectivity index (χ3v) is 2.57. The summed E-state index contributed by atoms with van der Waals surface area (Å²) in [6.07, 6.45) is 3.82. The molecule has 19 heavy (non-hydrogen) atoms. The second-order valence-corrected chi connectivity index (χ2v) is 3.83. The lowest BCUT2D eigenvalue weighted by atomic mass is 10.1. The predicted molar refractivity (Wildman–Crippen MR) is 69.0 cm³/mol. The molecule has 0 saturated carbocycles. The van der Waals surface area contributed by atoms with E-state index in [2.05, 4.69) is 14.7 Å². The van der Waals surface area contributed by atoms with Crippen LogP contribution in [0.5, 0.6) is 5.88 Å². The molecule has 0 spiro atoms. The van der Waals surface area contributed by atoms with E-state index in [1.807, 2.05) is 12.1 Å². The molecule has 1 aromatic heterocycles. The number of methoxy groups -OCH3 is 1. The second kappa shape index (κ2) is 6.49. The molecule has 1 aromatic carbocycles. The van der Waals surface area contributed by atoms with Crippen LogP contribution in [0.2, 0.25) is 0 Å². The highest BCUT2D eigenvalue weighted by atomic mass is 16.5. The minimum atomic E-state index is -0.330. The third-order valence-electron chi connectivity index (χ3n) is 2.57. The molecule has 0 aliphatic carbocycles. The van der Waals surface area contributed by atoms with Crippen molar-refractivity contribution >= 4 is 5.97 Å². The zero-order chi connectivity index (χ0) is 13.5. The number of rotatable bonds is 5. The molecule has 0 N–H and O–H groups in total. The van der Waals surface area contributed by atoms with Crippen LogP contribution in [0.15, 0.2) is 42.9 Å². The van der Waals surface area contributed by atoms with E-state index in [9.17, 15) is 4.79 Å². The van der Waals surface area contributed by atoms with Gasteiger partial charge in [0.2, 0.25) is 5.88 Å². The highest BCUT2D eigenvalue weighted by Crippen LogP contribution is 2.08. The van der Waals surface area contributed by atoms with Crippen molar-refractivity contribution in [1.82, 2.24) is 9.97 Å². The summed E-state index contributed by atoms with van der Waals surface area (Å²) in [6.45, 7) is 0.522. The summed E-state index contributed by atoms with van der Waals surface area (Å²) in [5, 5.41) is 0. The van der Waals surface area contributed by atoms with Gasteiger partial charge < -0.3 is 9.47 Å². The Morgan fingerprint density at radius 2 is 2.00 bits per heavy atom. The Kier molecular flexibility index (Phi) is 4.44. The molecule has 0 atom stereocenters. The summed E-state index contributed by atoms with van der Waals surface area (Å²) in [6, 6.07) is 8.96. The summed E-state index contributed by atoms with van der Waals surface area (Å²) < 4.78 is 10.1. The molecule has 5 heteroatoms. The first-order valence-corrected chi connectivity index (χ1v) is 5.85. The van der Waals surface area contributed by atoms with Crippen molar-refractivity contribution in [3.05, 3.63) is 54.0 Å². The fourth-order valence-corrected chi connectivity index (χ4v) is 1.56. The molecule has 2 aromatic rings. The highest BCUT2D eigenvalue weighted by molar-refractivity contribution is 5.89. The number of benzene rings is 1. The van der Waals surface area contributed by atoms with Crippen LogP contribution in [0.4, 0.5) is 0 Å². The van der Waals surface area contributed by atoms with Gasteiger partial charge in [-0.3, -0.25) is 0 Å². The van der Waals surface area contributed by atoms with Gasteiger partial charge in [0.25, 0.3) is 0 Å². The molecule has 0 aliphatic rings. The van der Waals surface area contributed by atoms with Crippen LogP contribution < -0.4 is 4.74 Å². The minimum Gasteiger partial charge on any atom is -0.477 e. The Morgan fingerprint density at radius 1 is 1.21 bits per heavy atom. The Bertz CT molecular complexity index is 526. The smallest absolute Gasteiger partial charge is 0.337 e. The van der Waals surface area contributed by atoms with Gasteiger partial charge in [-0.15, -0.1) is 0 Å². The van der Waals surface area contributed by atoms with Crippen molar-refractivity contribution in [3.8, 4) is 5.88 Å². The number of nitrogens with zero attached hydrogens (tertiary/aromatic N) is 2. The minimum absolute atomic E-state index is 0.330. The lowest BCUT2D eigenvalue weighted by Gasteiger charge is -2.05. The lowest BCUT2D eigenvalue weighted by molar-refractivity contribution is 0.0600. The summed E-state index contributed by atoms with van der Waals surface area (Å²) in [4.78, 5) is 19.0. The van der Waals surface area contributed by atoms with E-state index in [0.717, 1.165) is 12.0 Å². The zero-order valence-electron chi connectivity index (χ0n) is 10.6. The molecule has 0 unspecified atom stereocenters. The quantitative estimate of drug-likeness (QED) is 0.766. The van der Waals surface area contributed by atoms with Crippen LogP contribution in [-0.2, 0) is 11.2 Å². The van der Waals surface area contributed by atoms with Gasteiger partial charge in [0.15, 0.2) is 0 Å². The fourth-order valence-electron chi connectivity index (χ4n) is 1.56. The van der Waals surface area contributed by atoms with Crippen molar-refractivity contribution in [2.75, 3.05) is 13.7 Å². The van der Waals surface area contributed by atoms with Crippen molar-refractivity contribution < 1.29 is 14.3 Å². The summed E-state index contributed by atoms with van der Waals surface area (Å²) in [7, 11) is 1.37. The van der Waals surface area contributed by atoms with Crippen molar-refractivity contribution in [2.24, 2.45) is 0 Å². The van der Waals surface area contributed by atoms with E-state index < -0.39 is 0 Å². The molecular weight excluding hydrogens is 244 g/mol. The standard InChI is InChI=1S/C14H14N2O3/c1-18-14(17)12-4-2-11(3-5-12)7-9-19-13-6-8-15-10-16-13/h2-6,8,10H,7,9H2,1H3. The average molecular weight is 258 g/mol. The molecular formula is C14H14N2O3. The molecule has 5 nitrogen and oxygen atoms in total. The van der Waals surface area contributed by atoms with Crippen LogP contribution >= 0.6 is 0 Å². The Morgan fingerprint density at radius 3 is 2.63 bits per heavy atom. The van der Waals surface area contributed by atoms with Crippen LogP contribution in [-0.4, -0.2) is 29.7 Å². The SMILES string of the molecule is COC(=O)c1ccc(CCOc2ccncn2)cc1. The molecule has 2 rings (SSSR count). The van der Waals surface area contributed by atoms with Gasteiger partial charge in [0.05, 0.1) is 19.3 Å². The maximum atomic E-state index is 11.3. The monoisotopic (exact) mass is 258 g/mol. The number of ether oxygens (including phenoxy) is 2. The molecule has 98 valence electrons. The third kappa shape index (κ3) is 3.77. The molecule has 0 amide bonds. The lowest BCUT2D eigenvalue weighted by Crippen LogP contribution is -2.04. The van der Waals surface area contributed by atoms with Gasteiger partial charge >= 0.3 is 5.97 Å². The number of hydrogen-bond acceptors (Lipinski definition) is 5. The van der Waals surface area contributed by atoms with Gasteiger partial charge in [-0.25, -0.2) is 14.8 Å². The number of esters is 1. The first kappa shape index (κ1) is 13.0. The van der Waals surface area contributed by atoms with Gasteiger partial charge in [-0.1, -0.05) is 12.1 Å². The first-order valence-electron chi connectivity index (χ1n) is 5.85. The van der Waals surface area contributed by atoms with Crippen LogP contribution in [0.25, 0.3) is 0 Å². The fraction of sp³-hybridized carbons (Fsp3) is 0.214. The van der Waals surface area contributed by atoms with Gasteiger partial charge in [0, 0.05) is 18.7 Å². The van der Waals surface area contributed by atoms with Crippen molar-refractivity contribution in [1.29, 1.82) is 0 Å². The molecule has 0 saturated heterocycles. The van der Waals surface area contributed by atoms with E-state index in [-0.39, 0.29) is 5.97 Å².